The Bertz CT molecular complexity index is 722. The smallest absolute Gasteiger partial charge is 0.338 e. The highest BCUT2D eigenvalue weighted by Gasteiger charge is 2.13. The van der Waals surface area contributed by atoms with Crippen LogP contribution in [0.25, 0.3) is 0 Å². The van der Waals surface area contributed by atoms with Crippen molar-refractivity contribution in [2.75, 3.05) is 6.61 Å². The molecule has 25 heavy (non-hydrogen) atoms. The summed E-state index contributed by atoms with van der Waals surface area (Å²) in [5, 5.41) is 0. The molecule has 0 radical (unpaired) electrons. The first-order valence-electron chi connectivity index (χ1n) is 7.52. The lowest BCUT2D eigenvalue weighted by Crippen LogP contribution is -2.43. The number of hydrogen-bond donors (Lipinski definition) is 2. The molecule has 2 aromatic rings. The van der Waals surface area contributed by atoms with Crippen molar-refractivity contribution in [1.29, 1.82) is 0 Å². The number of hydrogen-bond acceptors (Lipinski definition) is 6. The summed E-state index contributed by atoms with van der Waals surface area (Å²) in [7, 11) is 0. The van der Waals surface area contributed by atoms with Gasteiger partial charge in [0.25, 0.3) is 5.91 Å². The van der Waals surface area contributed by atoms with Gasteiger partial charge in [-0.15, -0.1) is 0 Å². The third kappa shape index (κ3) is 5.69. The van der Waals surface area contributed by atoms with E-state index in [1.807, 2.05) is 13.8 Å². The van der Waals surface area contributed by atoms with Gasteiger partial charge in [-0.25, -0.2) is 4.79 Å². The fourth-order valence-corrected chi connectivity index (χ4v) is 1.79. The molecule has 132 valence electrons. The van der Waals surface area contributed by atoms with Gasteiger partial charge in [0, 0.05) is 0 Å². The molecule has 0 atom stereocenters. The molecule has 0 bridgehead atoms. The van der Waals surface area contributed by atoms with E-state index in [2.05, 4.69) is 10.9 Å². The SMILES string of the molecule is CC(C)Oc1ccc(C(=O)OCC(=O)NNC(=O)c2ccco2)cc1. The minimum atomic E-state index is -0.687. The van der Waals surface area contributed by atoms with Gasteiger partial charge in [0.15, 0.2) is 12.4 Å². The van der Waals surface area contributed by atoms with Gasteiger partial charge in [0.2, 0.25) is 0 Å². The summed E-state index contributed by atoms with van der Waals surface area (Å²) in [6.07, 6.45) is 1.36. The summed E-state index contributed by atoms with van der Waals surface area (Å²) in [5.41, 5.74) is 4.53. The number of esters is 1. The lowest BCUT2D eigenvalue weighted by molar-refractivity contribution is -0.125. The maximum absolute atomic E-state index is 11.9. The van der Waals surface area contributed by atoms with Crippen molar-refractivity contribution in [2.24, 2.45) is 0 Å². The second kappa shape index (κ2) is 8.53. The predicted molar refractivity (Wildman–Crippen MR) is 86.8 cm³/mol. The molecule has 0 saturated heterocycles. The van der Waals surface area contributed by atoms with Crippen LogP contribution in [0, 0.1) is 0 Å². The Morgan fingerprint density at radius 3 is 2.40 bits per heavy atom. The molecular formula is C17H18N2O6. The molecule has 8 heteroatoms. The zero-order chi connectivity index (χ0) is 18.2. The number of furan rings is 1. The Kier molecular flexibility index (Phi) is 6.16. The Labute approximate surface area is 144 Å². The number of amides is 2. The first kappa shape index (κ1) is 18.1. The molecular weight excluding hydrogens is 328 g/mol. The summed E-state index contributed by atoms with van der Waals surface area (Å²) < 4.78 is 15.2. The maximum Gasteiger partial charge on any atom is 0.338 e. The van der Waals surface area contributed by atoms with Gasteiger partial charge in [0.05, 0.1) is 17.9 Å². The molecule has 0 aliphatic carbocycles. The average molecular weight is 346 g/mol. The molecule has 1 aromatic heterocycles. The van der Waals surface area contributed by atoms with Crippen molar-refractivity contribution in [1.82, 2.24) is 10.9 Å². The van der Waals surface area contributed by atoms with Crippen molar-refractivity contribution in [3.05, 3.63) is 54.0 Å². The van der Waals surface area contributed by atoms with Crippen molar-refractivity contribution >= 4 is 17.8 Å². The molecule has 0 fully saturated rings. The average Bonchev–Trinajstić information content (AvgIpc) is 3.12. The molecule has 0 unspecified atom stereocenters. The van der Waals surface area contributed by atoms with Crippen LogP contribution >= 0.6 is 0 Å². The Morgan fingerprint density at radius 1 is 1.08 bits per heavy atom. The minimum Gasteiger partial charge on any atom is -0.491 e. The Balaban J connectivity index is 1.75. The predicted octanol–water partition coefficient (Wildman–Crippen LogP) is 1.68. The van der Waals surface area contributed by atoms with E-state index in [4.69, 9.17) is 13.9 Å². The summed E-state index contributed by atoms with van der Waals surface area (Å²) in [6.45, 7) is 3.25. The second-order valence-electron chi connectivity index (χ2n) is 5.25. The van der Waals surface area contributed by atoms with E-state index in [9.17, 15) is 14.4 Å². The number of nitrogens with one attached hydrogen (secondary N) is 2. The van der Waals surface area contributed by atoms with Gasteiger partial charge in [0.1, 0.15) is 5.75 Å². The van der Waals surface area contributed by atoms with Crippen molar-refractivity contribution in [2.45, 2.75) is 20.0 Å². The largest absolute Gasteiger partial charge is 0.491 e. The Morgan fingerprint density at radius 2 is 1.80 bits per heavy atom. The first-order chi connectivity index (χ1) is 12.0. The van der Waals surface area contributed by atoms with Crippen molar-refractivity contribution < 1.29 is 28.3 Å². The van der Waals surface area contributed by atoms with E-state index >= 15 is 0 Å². The van der Waals surface area contributed by atoms with Crippen LogP contribution < -0.4 is 15.6 Å². The number of carbonyl (C=O) groups is 3. The highest BCUT2D eigenvalue weighted by Crippen LogP contribution is 2.14. The van der Waals surface area contributed by atoms with Crippen LogP contribution in [-0.2, 0) is 9.53 Å². The fourth-order valence-electron chi connectivity index (χ4n) is 1.79. The monoisotopic (exact) mass is 346 g/mol. The van der Waals surface area contributed by atoms with Gasteiger partial charge in [-0.3, -0.25) is 20.4 Å². The Hall–Kier alpha value is -3.29. The van der Waals surface area contributed by atoms with Crippen LogP contribution in [0.2, 0.25) is 0 Å². The van der Waals surface area contributed by atoms with Crippen LogP contribution in [0.4, 0.5) is 0 Å². The lowest BCUT2D eigenvalue weighted by atomic mass is 10.2. The van der Waals surface area contributed by atoms with Crippen LogP contribution in [0.5, 0.6) is 5.75 Å². The van der Waals surface area contributed by atoms with E-state index < -0.39 is 24.4 Å². The van der Waals surface area contributed by atoms with E-state index in [-0.39, 0.29) is 17.4 Å². The third-order valence-corrected chi connectivity index (χ3v) is 2.86. The first-order valence-corrected chi connectivity index (χ1v) is 7.52. The molecule has 0 aliphatic rings. The lowest BCUT2D eigenvalue weighted by Gasteiger charge is -2.10. The summed E-state index contributed by atoms with van der Waals surface area (Å²) in [6, 6.07) is 9.33. The van der Waals surface area contributed by atoms with Gasteiger partial charge in [-0.1, -0.05) is 0 Å². The molecule has 1 heterocycles. The number of benzene rings is 1. The van der Waals surface area contributed by atoms with Crippen molar-refractivity contribution in [3.8, 4) is 5.75 Å². The standard InChI is InChI=1S/C17H18N2O6/c1-11(2)25-13-7-5-12(6-8-13)17(22)24-10-15(20)18-19-16(21)14-4-3-9-23-14/h3-9,11H,10H2,1-2H3,(H,18,20)(H,19,21). The number of carbonyl (C=O) groups excluding carboxylic acids is 3. The zero-order valence-electron chi connectivity index (χ0n) is 13.8. The summed E-state index contributed by atoms with van der Waals surface area (Å²) in [5.74, 6) is -1.30. The van der Waals surface area contributed by atoms with Gasteiger partial charge in [-0.05, 0) is 50.2 Å². The van der Waals surface area contributed by atoms with Crippen LogP contribution in [0.15, 0.2) is 47.1 Å². The second-order valence-corrected chi connectivity index (χ2v) is 5.25. The van der Waals surface area contributed by atoms with E-state index in [0.29, 0.717) is 5.75 Å². The molecule has 0 spiro atoms. The summed E-state index contributed by atoms with van der Waals surface area (Å²) in [4.78, 5) is 35.0. The highest BCUT2D eigenvalue weighted by atomic mass is 16.5. The minimum absolute atomic E-state index is 0.0258. The highest BCUT2D eigenvalue weighted by molar-refractivity contribution is 5.94. The molecule has 1 aromatic carbocycles. The van der Waals surface area contributed by atoms with Gasteiger partial charge < -0.3 is 13.9 Å². The maximum atomic E-state index is 11.9. The fraction of sp³-hybridized carbons (Fsp3) is 0.235. The van der Waals surface area contributed by atoms with Gasteiger partial charge in [-0.2, -0.15) is 0 Å². The number of ether oxygens (including phenoxy) is 2. The van der Waals surface area contributed by atoms with E-state index in [1.54, 1.807) is 12.1 Å². The molecule has 2 rings (SSSR count). The number of rotatable bonds is 6. The van der Waals surface area contributed by atoms with E-state index in [0.717, 1.165) is 0 Å². The van der Waals surface area contributed by atoms with Crippen LogP contribution in [0.1, 0.15) is 34.8 Å². The molecule has 0 saturated carbocycles. The number of hydrazine groups is 1. The normalized spacial score (nSPS) is 10.2. The molecule has 0 aliphatic heterocycles. The van der Waals surface area contributed by atoms with Crippen LogP contribution in [0.3, 0.4) is 0 Å². The zero-order valence-corrected chi connectivity index (χ0v) is 13.8. The van der Waals surface area contributed by atoms with E-state index in [1.165, 1.54) is 30.5 Å². The quantitative estimate of drug-likeness (QED) is 0.609. The topological polar surface area (TPSA) is 107 Å². The molecule has 8 nitrogen and oxygen atoms in total. The molecule has 2 N–H and O–H groups in total. The van der Waals surface area contributed by atoms with Crippen molar-refractivity contribution in [3.63, 3.8) is 0 Å². The van der Waals surface area contributed by atoms with Gasteiger partial charge >= 0.3 is 11.9 Å². The molecule has 2 amide bonds. The third-order valence-electron chi connectivity index (χ3n) is 2.86. The van der Waals surface area contributed by atoms with Crippen LogP contribution in [-0.4, -0.2) is 30.5 Å². The summed E-state index contributed by atoms with van der Waals surface area (Å²) >= 11 is 0.